The summed E-state index contributed by atoms with van der Waals surface area (Å²) in [7, 11) is -0.572. The molecule has 4 nitrogen and oxygen atoms in total. The summed E-state index contributed by atoms with van der Waals surface area (Å²) in [5.74, 6) is -0.220. The fourth-order valence-corrected chi connectivity index (χ4v) is 2.80. The van der Waals surface area contributed by atoms with Crippen LogP contribution in [0.3, 0.4) is 0 Å². The maximum Gasteiger partial charge on any atom is 0.476 e. The molecule has 5 heteroatoms. The molecule has 1 aliphatic carbocycles. The van der Waals surface area contributed by atoms with E-state index in [2.05, 4.69) is 6.08 Å². The quantitative estimate of drug-likeness (QED) is 0.441. The molecule has 0 bridgehead atoms. The van der Waals surface area contributed by atoms with Crippen molar-refractivity contribution >= 4 is 13.1 Å². The minimum atomic E-state index is -0.757. The normalized spacial score (nSPS) is 30.4. The average molecular weight is 308 g/mol. The molecular formula is C17H29BO4. The van der Waals surface area contributed by atoms with E-state index in [0.717, 1.165) is 6.42 Å². The molecule has 2 rings (SSSR count). The second kappa shape index (κ2) is 5.38. The number of esters is 1. The molecule has 1 aliphatic heterocycles. The van der Waals surface area contributed by atoms with Crippen LogP contribution >= 0.6 is 0 Å². The van der Waals surface area contributed by atoms with Crippen molar-refractivity contribution in [1.82, 2.24) is 0 Å². The Bertz CT molecular complexity index is 460. The highest BCUT2D eigenvalue weighted by Gasteiger charge is 2.63. The number of carbonyl (C=O) groups is 1. The molecule has 124 valence electrons. The first-order valence-electron chi connectivity index (χ1n) is 8.14. The summed E-state index contributed by atoms with van der Waals surface area (Å²) in [6.07, 6.45) is 6.27. The van der Waals surface area contributed by atoms with Gasteiger partial charge in [0.25, 0.3) is 0 Å². The molecule has 2 aliphatic rings. The van der Waals surface area contributed by atoms with Crippen molar-refractivity contribution in [2.24, 2.45) is 0 Å². The summed E-state index contributed by atoms with van der Waals surface area (Å²) >= 11 is 0. The number of rotatable bonds is 2. The lowest BCUT2D eigenvalue weighted by atomic mass is 9.52. The van der Waals surface area contributed by atoms with Gasteiger partial charge in [0, 0.05) is 0 Å². The fourth-order valence-electron chi connectivity index (χ4n) is 2.80. The van der Waals surface area contributed by atoms with E-state index in [4.69, 9.17) is 14.0 Å². The maximum atomic E-state index is 12.9. The van der Waals surface area contributed by atoms with Crippen LogP contribution in [0.25, 0.3) is 0 Å². The van der Waals surface area contributed by atoms with E-state index < -0.39 is 29.2 Å². The molecule has 0 aromatic rings. The minimum absolute atomic E-state index is 0.220. The molecule has 0 aromatic carbocycles. The first kappa shape index (κ1) is 17.5. The maximum absolute atomic E-state index is 12.9. The molecule has 0 spiro atoms. The fraction of sp³-hybridized carbons (Fsp3) is 0.824. The lowest BCUT2D eigenvalue weighted by Gasteiger charge is -2.36. The van der Waals surface area contributed by atoms with Crippen molar-refractivity contribution in [1.29, 1.82) is 0 Å². The summed E-state index contributed by atoms with van der Waals surface area (Å²) in [6, 6.07) is 0. The molecule has 22 heavy (non-hydrogen) atoms. The highest BCUT2D eigenvalue weighted by molar-refractivity contribution is 6.55. The van der Waals surface area contributed by atoms with Gasteiger partial charge in [0.1, 0.15) is 10.9 Å². The largest absolute Gasteiger partial charge is 0.476 e. The van der Waals surface area contributed by atoms with Crippen molar-refractivity contribution in [3.05, 3.63) is 12.2 Å². The second-order valence-corrected chi connectivity index (χ2v) is 8.46. The first-order chi connectivity index (χ1) is 9.90. The van der Waals surface area contributed by atoms with Crippen LogP contribution in [0.2, 0.25) is 5.31 Å². The summed E-state index contributed by atoms with van der Waals surface area (Å²) in [5.41, 5.74) is -1.42. The van der Waals surface area contributed by atoms with Gasteiger partial charge in [-0.05, 0) is 67.7 Å². The van der Waals surface area contributed by atoms with E-state index in [-0.39, 0.29) is 5.97 Å². The number of ether oxygens (including phenoxy) is 1. The molecule has 1 saturated heterocycles. The predicted molar refractivity (Wildman–Crippen MR) is 87.6 cm³/mol. The average Bonchev–Trinajstić information content (AvgIpc) is 2.57. The van der Waals surface area contributed by atoms with Gasteiger partial charge < -0.3 is 14.0 Å². The van der Waals surface area contributed by atoms with Crippen LogP contribution in [0.5, 0.6) is 0 Å². The van der Waals surface area contributed by atoms with Gasteiger partial charge in [0.05, 0.1) is 11.2 Å². The van der Waals surface area contributed by atoms with Crippen molar-refractivity contribution in [2.45, 2.75) is 89.8 Å². The lowest BCUT2D eigenvalue weighted by molar-refractivity contribution is -0.160. The van der Waals surface area contributed by atoms with E-state index >= 15 is 0 Å². The summed E-state index contributed by atoms with van der Waals surface area (Å²) < 4.78 is 18.1. The van der Waals surface area contributed by atoms with Crippen LogP contribution in [0.15, 0.2) is 12.2 Å². The minimum Gasteiger partial charge on any atom is -0.460 e. The van der Waals surface area contributed by atoms with Crippen molar-refractivity contribution in [3.8, 4) is 0 Å². The zero-order valence-electron chi connectivity index (χ0n) is 15.0. The summed E-state index contributed by atoms with van der Waals surface area (Å²) in [4.78, 5) is 12.9. The molecule has 0 N–H and O–H groups in total. The van der Waals surface area contributed by atoms with Crippen molar-refractivity contribution in [2.75, 3.05) is 0 Å². The third-order valence-electron chi connectivity index (χ3n) is 4.92. The molecule has 0 amide bonds. The van der Waals surface area contributed by atoms with Crippen LogP contribution in [0.1, 0.15) is 67.7 Å². The van der Waals surface area contributed by atoms with Gasteiger partial charge in [-0.3, -0.25) is 4.79 Å². The number of hydrogen-bond donors (Lipinski definition) is 0. The molecule has 1 atom stereocenters. The zero-order valence-corrected chi connectivity index (χ0v) is 15.0. The van der Waals surface area contributed by atoms with Gasteiger partial charge in [-0.25, -0.2) is 0 Å². The van der Waals surface area contributed by atoms with E-state index in [1.165, 1.54) is 0 Å². The Hall–Kier alpha value is -0.805. The van der Waals surface area contributed by atoms with Crippen molar-refractivity contribution < 1.29 is 18.8 Å². The second-order valence-electron chi connectivity index (χ2n) is 8.46. The highest BCUT2D eigenvalue weighted by atomic mass is 16.7. The Morgan fingerprint density at radius 1 is 1.09 bits per heavy atom. The molecule has 1 heterocycles. The van der Waals surface area contributed by atoms with Crippen LogP contribution < -0.4 is 0 Å². The van der Waals surface area contributed by atoms with Gasteiger partial charge in [-0.15, -0.1) is 0 Å². The third-order valence-corrected chi connectivity index (χ3v) is 4.92. The molecule has 0 saturated carbocycles. The van der Waals surface area contributed by atoms with E-state index in [0.29, 0.717) is 12.8 Å². The van der Waals surface area contributed by atoms with Crippen LogP contribution in [0.4, 0.5) is 0 Å². The van der Waals surface area contributed by atoms with E-state index in [1.54, 1.807) is 0 Å². The standard InChI is InChI=1S/C17H29BO4/c1-14(2,3)20-13(19)17(11-9-8-10-12-17)18-21-15(4,5)16(6,7)22-18/h8-9H,10-12H2,1-7H3. The lowest BCUT2D eigenvalue weighted by Crippen LogP contribution is -2.45. The van der Waals surface area contributed by atoms with Gasteiger partial charge in [-0.1, -0.05) is 12.2 Å². The van der Waals surface area contributed by atoms with Crippen molar-refractivity contribution in [3.63, 3.8) is 0 Å². The molecule has 1 fully saturated rings. The molecule has 0 aromatic heterocycles. The Morgan fingerprint density at radius 2 is 1.64 bits per heavy atom. The Morgan fingerprint density at radius 3 is 2.05 bits per heavy atom. The van der Waals surface area contributed by atoms with Gasteiger partial charge in [-0.2, -0.15) is 0 Å². The number of carbonyl (C=O) groups excluding carboxylic acids is 1. The Kier molecular flexibility index (Phi) is 4.29. The van der Waals surface area contributed by atoms with Crippen LogP contribution in [0, 0.1) is 0 Å². The van der Waals surface area contributed by atoms with Crippen LogP contribution in [-0.4, -0.2) is 29.9 Å². The van der Waals surface area contributed by atoms with Crippen LogP contribution in [-0.2, 0) is 18.8 Å². The Labute approximate surface area is 134 Å². The Balaban J connectivity index is 2.32. The molecule has 0 radical (unpaired) electrons. The number of allylic oxidation sites excluding steroid dienone is 2. The SMILES string of the molecule is CC(C)(C)OC(=O)C1(B2OC(C)(C)C(C)(C)O2)CC=CCC1. The van der Waals surface area contributed by atoms with Gasteiger partial charge in [0.2, 0.25) is 0 Å². The topological polar surface area (TPSA) is 44.8 Å². The molecule has 1 unspecified atom stereocenters. The molecular weight excluding hydrogens is 279 g/mol. The van der Waals surface area contributed by atoms with Gasteiger partial charge in [0.15, 0.2) is 0 Å². The highest BCUT2D eigenvalue weighted by Crippen LogP contribution is 2.52. The number of hydrogen-bond acceptors (Lipinski definition) is 4. The third kappa shape index (κ3) is 3.11. The first-order valence-corrected chi connectivity index (χ1v) is 8.14. The monoisotopic (exact) mass is 308 g/mol. The predicted octanol–water partition coefficient (Wildman–Crippen LogP) is 3.90. The van der Waals surface area contributed by atoms with E-state index in [1.807, 2.05) is 54.5 Å². The van der Waals surface area contributed by atoms with Gasteiger partial charge >= 0.3 is 13.1 Å². The smallest absolute Gasteiger partial charge is 0.460 e. The summed E-state index contributed by atoms with van der Waals surface area (Å²) in [6.45, 7) is 13.7. The summed E-state index contributed by atoms with van der Waals surface area (Å²) in [5, 5.41) is -0.757. The zero-order chi connectivity index (χ0) is 16.8. The van der Waals surface area contributed by atoms with E-state index in [9.17, 15) is 4.79 Å².